The zero-order valence-electron chi connectivity index (χ0n) is 14.1. The molecule has 3 N–H and O–H groups in total. The highest BCUT2D eigenvalue weighted by Crippen LogP contribution is 2.26. The number of nitrogens with one attached hydrogen (secondary N) is 1. The number of hydrogen-bond donors (Lipinski definition) is 3. The Bertz CT molecular complexity index is 852. The monoisotopic (exact) mass is 380 g/mol. The molecular weight excluding hydrogens is 360 g/mol. The first-order chi connectivity index (χ1) is 12.4. The van der Waals surface area contributed by atoms with Gasteiger partial charge in [-0.3, -0.25) is 9.78 Å². The van der Waals surface area contributed by atoms with Crippen molar-refractivity contribution >= 4 is 15.9 Å². The summed E-state index contributed by atoms with van der Waals surface area (Å²) in [5, 5.41) is 19.2. The zero-order valence-corrected chi connectivity index (χ0v) is 14.9. The fraction of sp³-hybridized carbons (Fsp3) is 0.294. The molecule has 2 rings (SSSR count). The lowest BCUT2D eigenvalue weighted by Gasteiger charge is -2.16. The van der Waals surface area contributed by atoms with Gasteiger partial charge >= 0.3 is 0 Å². The number of aliphatic hydroxyl groups is 2. The lowest BCUT2D eigenvalue weighted by molar-refractivity contribution is 0.0980. The smallest absolute Gasteiger partial charge is 0.266 e. The molecule has 0 aliphatic carbocycles. The van der Waals surface area contributed by atoms with E-state index in [0.717, 1.165) is 6.20 Å². The van der Waals surface area contributed by atoms with Crippen molar-refractivity contribution in [1.82, 2.24) is 9.71 Å². The van der Waals surface area contributed by atoms with Crippen molar-refractivity contribution in [3.8, 4) is 5.75 Å². The third kappa shape index (κ3) is 5.25. The summed E-state index contributed by atoms with van der Waals surface area (Å²) in [7, 11) is -4.11. The van der Waals surface area contributed by atoms with Gasteiger partial charge in [0.25, 0.3) is 5.91 Å². The molecule has 1 atom stereocenters. The fourth-order valence-corrected chi connectivity index (χ4v) is 3.31. The highest BCUT2D eigenvalue weighted by Gasteiger charge is 2.23. The summed E-state index contributed by atoms with van der Waals surface area (Å²) in [6, 6.07) is 9.31. The van der Waals surface area contributed by atoms with Gasteiger partial charge in [-0.25, -0.2) is 13.1 Å². The quantitative estimate of drug-likeness (QED) is 0.617. The Hall–Kier alpha value is -2.49. The Balaban J connectivity index is 2.09. The minimum absolute atomic E-state index is 0.0231. The van der Waals surface area contributed by atoms with E-state index >= 15 is 0 Å². The van der Waals surface area contributed by atoms with E-state index < -0.39 is 27.8 Å². The molecule has 1 aromatic heterocycles. The molecule has 1 amide bonds. The van der Waals surface area contributed by atoms with Crippen LogP contribution in [0.3, 0.4) is 0 Å². The van der Waals surface area contributed by atoms with E-state index in [9.17, 15) is 18.3 Å². The number of nitrogens with zero attached hydrogens (tertiary/aromatic N) is 1. The summed E-state index contributed by atoms with van der Waals surface area (Å²) in [5.41, 5.74) is 0.698. The Morgan fingerprint density at radius 3 is 2.62 bits per heavy atom. The largest absolute Gasteiger partial charge is 0.493 e. The third-order valence-corrected chi connectivity index (χ3v) is 4.70. The highest BCUT2D eigenvalue weighted by molar-refractivity contribution is 7.90. The Morgan fingerprint density at radius 1 is 1.27 bits per heavy atom. The number of aliphatic hydroxyl groups excluding tert-OH is 2. The first kappa shape index (κ1) is 19.8. The Morgan fingerprint density at radius 2 is 2.00 bits per heavy atom. The van der Waals surface area contributed by atoms with Crippen molar-refractivity contribution < 1.29 is 28.2 Å². The summed E-state index contributed by atoms with van der Waals surface area (Å²) >= 11 is 0. The van der Waals surface area contributed by atoms with E-state index in [1.165, 1.54) is 12.1 Å². The van der Waals surface area contributed by atoms with Gasteiger partial charge in [0, 0.05) is 11.8 Å². The number of rotatable bonds is 8. The lowest BCUT2D eigenvalue weighted by Crippen LogP contribution is -2.34. The van der Waals surface area contributed by atoms with Crippen LogP contribution in [0.1, 0.15) is 34.6 Å². The molecule has 0 fully saturated rings. The van der Waals surface area contributed by atoms with Gasteiger partial charge in [-0.15, -0.1) is 0 Å². The SMILES string of the molecule is CCOc1ccccc1C(O)CS(=O)(=O)NC(=O)c1ccc(CO)nc1. The van der Waals surface area contributed by atoms with Crippen molar-refractivity contribution in [1.29, 1.82) is 0 Å². The maximum atomic E-state index is 12.2. The summed E-state index contributed by atoms with van der Waals surface area (Å²) in [5.74, 6) is -1.19. The molecule has 9 heteroatoms. The average molecular weight is 380 g/mol. The predicted octanol–water partition coefficient (Wildman–Crippen LogP) is 0.766. The zero-order chi connectivity index (χ0) is 19.2. The topological polar surface area (TPSA) is 126 Å². The van der Waals surface area contributed by atoms with Gasteiger partial charge in [0.15, 0.2) is 0 Å². The number of aromatic nitrogens is 1. The van der Waals surface area contributed by atoms with Crippen LogP contribution >= 0.6 is 0 Å². The molecule has 1 heterocycles. The van der Waals surface area contributed by atoms with Crippen molar-refractivity contribution in [2.24, 2.45) is 0 Å². The molecule has 0 aliphatic heterocycles. The second-order valence-corrected chi connectivity index (χ2v) is 7.16. The minimum atomic E-state index is -4.11. The van der Waals surface area contributed by atoms with Crippen molar-refractivity contribution in [2.75, 3.05) is 12.4 Å². The van der Waals surface area contributed by atoms with E-state index in [1.807, 2.05) is 4.72 Å². The Labute approximate surface area is 151 Å². The van der Waals surface area contributed by atoms with Gasteiger partial charge in [0.2, 0.25) is 10.0 Å². The lowest BCUT2D eigenvalue weighted by atomic mass is 10.1. The summed E-state index contributed by atoms with van der Waals surface area (Å²) in [6.45, 7) is 1.85. The number of amides is 1. The molecular formula is C17H20N2O6S. The summed E-state index contributed by atoms with van der Waals surface area (Å²) in [4.78, 5) is 15.9. The maximum absolute atomic E-state index is 12.2. The van der Waals surface area contributed by atoms with Gasteiger partial charge < -0.3 is 14.9 Å². The van der Waals surface area contributed by atoms with Gasteiger partial charge in [-0.1, -0.05) is 18.2 Å². The number of carbonyl (C=O) groups excluding carboxylic acids is 1. The molecule has 140 valence electrons. The third-order valence-electron chi connectivity index (χ3n) is 3.45. The average Bonchev–Trinajstić information content (AvgIpc) is 2.61. The fourth-order valence-electron chi connectivity index (χ4n) is 2.23. The molecule has 0 bridgehead atoms. The number of hydrogen-bond acceptors (Lipinski definition) is 7. The molecule has 1 aromatic carbocycles. The number of benzene rings is 1. The number of carbonyl (C=O) groups is 1. The van der Waals surface area contributed by atoms with E-state index in [1.54, 1.807) is 31.2 Å². The summed E-state index contributed by atoms with van der Waals surface area (Å²) in [6.07, 6.45) is -0.199. The first-order valence-electron chi connectivity index (χ1n) is 7.86. The normalized spacial score (nSPS) is 12.4. The second-order valence-electron chi connectivity index (χ2n) is 5.40. The van der Waals surface area contributed by atoms with Gasteiger partial charge in [0.05, 0.1) is 36.3 Å². The van der Waals surface area contributed by atoms with Crippen LogP contribution in [-0.2, 0) is 16.6 Å². The van der Waals surface area contributed by atoms with Crippen LogP contribution in [0.4, 0.5) is 0 Å². The molecule has 0 saturated carbocycles. The van der Waals surface area contributed by atoms with E-state index in [0.29, 0.717) is 23.6 Å². The van der Waals surface area contributed by atoms with E-state index in [2.05, 4.69) is 4.98 Å². The van der Waals surface area contributed by atoms with Crippen LogP contribution in [0.5, 0.6) is 5.75 Å². The van der Waals surface area contributed by atoms with Crippen LogP contribution in [0, 0.1) is 0 Å². The number of para-hydroxylation sites is 1. The van der Waals surface area contributed by atoms with Crippen molar-refractivity contribution in [3.63, 3.8) is 0 Å². The predicted molar refractivity (Wildman–Crippen MR) is 94.0 cm³/mol. The van der Waals surface area contributed by atoms with Gasteiger partial charge in [-0.2, -0.15) is 0 Å². The molecule has 8 nitrogen and oxygen atoms in total. The van der Waals surface area contributed by atoms with Crippen LogP contribution < -0.4 is 9.46 Å². The number of sulfonamides is 1. The molecule has 26 heavy (non-hydrogen) atoms. The molecule has 0 spiro atoms. The molecule has 0 radical (unpaired) electrons. The standard InChI is InChI=1S/C17H20N2O6S/c1-2-25-16-6-4-3-5-14(16)15(21)11-26(23,24)19-17(22)12-7-8-13(10-20)18-9-12/h3-9,15,20-21H,2,10-11H2,1H3,(H,19,22). The minimum Gasteiger partial charge on any atom is -0.493 e. The number of pyridine rings is 1. The van der Waals surface area contributed by atoms with Crippen molar-refractivity contribution in [2.45, 2.75) is 19.6 Å². The molecule has 1 unspecified atom stereocenters. The van der Waals surface area contributed by atoms with Crippen LogP contribution in [0.15, 0.2) is 42.6 Å². The van der Waals surface area contributed by atoms with Crippen LogP contribution in [-0.4, -0.2) is 41.9 Å². The van der Waals surface area contributed by atoms with Crippen LogP contribution in [0.25, 0.3) is 0 Å². The number of ether oxygens (including phenoxy) is 1. The van der Waals surface area contributed by atoms with Gasteiger partial charge in [-0.05, 0) is 25.1 Å². The van der Waals surface area contributed by atoms with Crippen molar-refractivity contribution in [3.05, 3.63) is 59.4 Å². The molecule has 0 aliphatic rings. The first-order valence-corrected chi connectivity index (χ1v) is 9.52. The van der Waals surface area contributed by atoms with E-state index in [4.69, 9.17) is 9.84 Å². The Kier molecular flexibility index (Phi) is 6.67. The van der Waals surface area contributed by atoms with E-state index in [-0.39, 0.29) is 12.2 Å². The van der Waals surface area contributed by atoms with Gasteiger partial charge in [0.1, 0.15) is 5.75 Å². The molecule has 0 saturated heterocycles. The summed E-state index contributed by atoms with van der Waals surface area (Å²) < 4.78 is 31.7. The molecule has 2 aromatic rings. The maximum Gasteiger partial charge on any atom is 0.266 e. The highest BCUT2D eigenvalue weighted by atomic mass is 32.2. The second kappa shape index (κ2) is 8.75. The van der Waals surface area contributed by atoms with Crippen LogP contribution in [0.2, 0.25) is 0 Å².